The number of hydrogen-bond donors (Lipinski definition) is 2. The van der Waals surface area contributed by atoms with Gasteiger partial charge in [-0.15, -0.1) is 0 Å². The molecule has 1 aliphatic carbocycles. The number of aliphatic hydroxyl groups is 1. The molecular formula is C24H37NO4. The van der Waals surface area contributed by atoms with Crippen molar-refractivity contribution in [2.45, 2.75) is 71.6 Å². The van der Waals surface area contributed by atoms with Gasteiger partial charge in [-0.2, -0.15) is 0 Å². The molecular weight excluding hydrogens is 366 g/mol. The lowest BCUT2D eigenvalue weighted by Crippen LogP contribution is -2.39. The van der Waals surface area contributed by atoms with E-state index in [1.807, 2.05) is 24.3 Å². The Labute approximate surface area is 175 Å². The molecule has 2 N–H and O–H groups in total. The van der Waals surface area contributed by atoms with Crippen molar-refractivity contribution in [2.75, 3.05) is 14.2 Å². The van der Waals surface area contributed by atoms with Crippen LogP contribution in [0.4, 0.5) is 0 Å². The lowest BCUT2D eigenvalue weighted by atomic mass is 9.80. The van der Waals surface area contributed by atoms with Crippen molar-refractivity contribution in [1.29, 1.82) is 0 Å². The first kappa shape index (κ1) is 23.4. The Bertz CT molecular complexity index is 724. The second-order valence-electron chi connectivity index (χ2n) is 9.19. The van der Waals surface area contributed by atoms with E-state index in [0.29, 0.717) is 25.3 Å². The van der Waals surface area contributed by atoms with E-state index < -0.39 is 5.60 Å². The summed E-state index contributed by atoms with van der Waals surface area (Å²) in [5.74, 6) is 1.67. The Balaban J connectivity index is 2.16. The molecule has 0 aliphatic heterocycles. The highest BCUT2D eigenvalue weighted by Crippen LogP contribution is 2.32. The number of hydrogen-bond acceptors (Lipinski definition) is 5. The quantitative estimate of drug-likeness (QED) is 0.719. The van der Waals surface area contributed by atoms with Gasteiger partial charge in [0.15, 0.2) is 17.3 Å². The molecule has 1 unspecified atom stereocenters. The molecule has 0 radical (unpaired) electrons. The molecule has 0 saturated carbocycles. The van der Waals surface area contributed by atoms with E-state index in [1.54, 1.807) is 21.1 Å². The van der Waals surface area contributed by atoms with Gasteiger partial charge in [0.05, 0.1) is 14.2 Å². The maximum atomic E-state index is 12.5. The van der Waals surface area contributed by atoms with Gasteiger partial charge in [0.2, 0.25) is 0 Å². The van der Waals surface area contributed by atoms with E-state index in [0.717, 1.165) is 29.9 Å². The molecule has 1 aliphatic rings. The Hall–Kier alpha value is -1.85. The fraction of sp³-hybridized carbons (Fsp3) is 0.625. The van der Waals surface area contributed by atoms with Gasteiger partial charge in [0, 0.05) is 25.4 Å². The zero-order valence-corrected chi connectivity index (χ0v) is 18.7. The van der Waals surface area contributed by atoms with E-state index >= 15 is 0 Å². The van der Waals surface area contributed by atoms with Gasteiger partial charge in [-0.3, -0.25) is 4.79 Å². The van der Waals surface area contributed by atoms with Gasteiger partial charge in [-0.05, 0) is 48.8 Å². The third-order valence-electron chi connectivity index (χ3n) is 5.96. The molecule has 5 heteroatoms. The van der Waals surface area contributed by atoms with Crippen LogP contribution in [0.3, 0.4) is 0 Å². The Morgan fingerprint density at radius 2 is 1.86 bits per heavy atom. The van der Waals surface area contributed by atoms with Crippen LogP contribution in [-0.2, 0) is 11.3 Å². The van der Waals surface area contributed by atoms with Crippen molar-refractivity contribution < 1.29 is 19.4 Å². The molecule has 0 fully saturated rings. The van der Waals surface area contributed by atoms with Crippen LogP contribution in [0.5, 0.6) is 11.5 Å². The third kappa shape index (κ3) is 6.58. The molecule has 3 atom stereocenters. The van der Waals surface area contributed by atoms with Gasteiger partial charge in [-0.25, -0.2) is 0 Å². The number of nitrogens with one attached hydrogen (secondary N) is 1. The van der Waals surface area contributed by atoms with Crippen molar-refractivity contribution >= 4 is 5.78 Å². The van der Waals surface area contributed by atoms with Gasteiger partial charge in [0.25, 0.3) is 0 Å². The molecule has 0 spiro atoms. The Morgan fingerprint density at radius 3 is 2.52 bits per heavy atom. The van der Waals surface area contributed by atoms with E-state index in [-0.39, 0.29) is 17.2 Å². The van der Waals surface area contributed by atoms with Crippen molar-refractivity contribution in [2.24, 2.45) is 11.3 Å². The average molecular weight is 404 g/mol. The second-order valence-corrected chi connectivity index (χ2v) is 9.19. The van der Waals surface area contributed by atoms with Crippen LogP contribution in [-0.4, -0.2) is 36.8 Å². The molecule has 0 saturated heterocycles. The summed E-state index contributed by atoms with van der Waals surface area (Å²) in [6, 6.07) is 6.20. The van der Waals surface area contributed by atoms with Crippen molar-refractivity contribution in [3.8, 4) is 11.5 Å². The smallest absolute Gasteiger partial charge is 0.164 e. The highest BCUT2D eigenvalue weighted by Gasteiger charge is 2.32. The summed E-state index contributed by atoms with van der Waals surface area (Å²) in [4.78, 5) is 12.5. The predicted octanol–water partition coefficient (Wildman–Crippen LogP) is 4.27. The van der Waals surface area contributed by atoms with Crippen LogP contribution >= 0.6 is 0 Å². The number of carbonyl (C=O) groups is 1. The number of methoxy groups -OCH3 is 2. The minimum Gasteiger partial charge on any atom is -0.493 e. The number of rotatable bonds is 5. The number of benzene rings is 1. The molecule has 0 bridgehead atoms. The normalized spacial score (nSPS) is 29.0. The number of ketones is 1. The van der Waals surface area contributed by atoms with E-state index in [1.165, 1.54) is 0 Å². The largest absolute Gasteiger partial charge is 0.493 e. The SMILES string of the molecule is COc1ccc(CNC2CC(C)(C)/C=C/C[C@@](C)(O)C(=O)CC[C@H]2C)cc1OC. The number of ether oxygens (including phenoxy) is 2. The first-order valence-electron chi connectivity index (χ1n) is 10.5. The molecule has 162 valence electrons. The summed E-state index contributed by atoms with van der Waals surface area (Å²) >= 11 is 0. The molecule has 1 aromatic rings. The van der Waals surface area contributed by atoms with E-state index in [4.69, 9.17) is 9.47 Å². The first-order chi connectivity index (χ1) is 13.6. The van der Waals surface area contributed by atoms with Gasteiger partial charge >= 0.3 is 0 Å². The molecule has 5 nitrogen and oxygen atoms in total. The van der Waals surface area contributed by atoms with Crippen LogP contribution in [0.25, 0.3) is 0 Å². The average Bonchev–Trinajstić information content (AvgIpc) is 2.68. The summed E-state index contributed by atoms with van der Waals surface area (Å²) in [6.07, 6.45) is 6.57. The predicted molar refractivity (Wildman–Crippen MR) is 116 cm³/mol. The maximum absolute atomic E-state index is 12.5. The number of Topliss-reactive ketones (excluding diaryl/α,β-unsaturated/α-hetero) is 1. The summed E-state index contributed by atoms with van der Waals surface area (Å²) < 4.78 is 10.7. The summed E-state index contributed by atoms with van der Waals surface area (Å²) in [7, 11) is 3.27. The summed E-state index contributed by atoms with van der Waals surface area (Å²) in [5.41, 5.74) is -0.192. The van der Waals surface area contributed by atoms with Crippen LogP contribution in [0.15, 0.2) is 30.4 Å². The van der Waals surface area contributed by atoms with Crippen LogP contribution in [0.1, 0.15) is 58.9 Å². The Kier molecular flexibility index (Phi) is 7.89. The number of carbonyl (C=O) groups excluding carboxylic acids is 1. The lowest BCUT2D eigenvalue weighted by molar-refractivity contribution is -0.135. The standard InChI is InChI=1S/C24H37NO4/c1-17-8-11-22(26)24(4,27)13-7-12-23(2,3)15-19(17)25-16-18-9-10-20(28-5)21(14-18)29-6/h7,9-10,12,14,17,19,25,27H,8,11,13,15-16H2,1-6H3/b12-7+/t17-,19?,24-/m1/s1. The summed E-state index contributed by atoms with van der Waals surface area (Å²) in [5, 5.41) is 14.2. The fourth-order valence-electron chi connectivity index (χ4n) is 3.90. The van der Waals surface area contributed by atoms with Crippen molar-refractivity contribution in [3.05, 3.63) is 35.9 Å². The number of allylic oxidation sites excluding steroid dienone is 1. The molecule has 1 aromatic carbocycles. The van der Waals surface area contributed by atoms with Crippen LogP contribution < -0.4 is 14.8 Å². The molecule has 2 rings (SSSR count). The summed E-state index contributed by atoms with van der Waals surface area (Å²) in [6.45, 7) is 8.93. The minimum absolute atomic E-state index is 0.0347. The van der Waals surface area contributed by atoms with E-state index in [2.05, 4.69) is 32.2 Å². The van der Waals surface area contributed by atoms with Crippen LogP contribution in [0.2, 0.25) is 0 Å². The minimum atomic E-state index is -1.28. The highest BCUT2D eigenvalue weighted by molar-refractivity contribution is 5.86. The molecule has 0 amide bonds. The van der Waals surface area contributed by atoms with Crippen molar-refractivity contribution in [3.63, 3.8) is 0 Å². The maximum Gasteiger partial charge on any atom is 0.164 e. The van der Waals surface area contributed by atoms with Crippen LogP contribution in [0, 0.1) is 11.3 Å². The highest BCUT2D eigenvalue weighted by atomic mass is 16.5. The topological polar surface area (TPSA) is 67.8 Å². The Morgan fingerprint density at radius 1 is 1.17 bits per heavy atom. The zero-order valence-electron chi connectivity index (χ0n) is 18.7. The van der Waals surface area contributed by atoms with Crippen molar-refractivity contribution in [1.82, 2.24) is 5.32 Å². The van der Waals surface area contributed by atoms with Gasteiger partial charge < -0.3 is 19.9 Å². The molecule has 0 heterocycles. The molecule has 29 heavy (non-hydrogen) atoms. The second kappa shape index (κ2) is 9.77. The monoisotopic (exact) mass is 403 g/mol. The fourth-order valence-corrected chi connectivity index (χ4v) is 3.90. The first-order valence-corrected chi connectivity index (χ1v) is 10.5. The van der Waals surface area contributed by atoms with Gasteiger partial charge in [-0.1, -0.05) is 39.0 Å². The van der Waals surface area contributed by atoms with E-state index in [9.17, 15) is 9.90 Å². The molecule has 0 aromatic heterocycles. The third-order valence-corrected chi connectivity index (χ3v) is 5.96. The zero-order chi connectivity index (χ0) is 21.7. The van der Waals surface area contributed by atoms with Gasteiger partial charge in [0.1, 0.15) is 5.60 Å². The lowest BCUT2D eigenvalue weighted by Gasteiger charge is -2.32.